The first-order chi connectivity index (χ1) is 5.88. The Balaban J connectivity index is 2.70. The molecule has 5 heteroatoms. The molecular formula is C8H11N2O2S. The molecule has 71 valence electrons. The second-order valence-corrected chi connectivity index (χ2v) is 4.50. The van der Waals surface area contributed by atoms with Gasteiger partial charge in [0, 0.05) is 23.1 Å². The van der Waals surface area contributed by atoms with Crippen LogP contribution in [0.5, 0.6) is 5.06 Å². The molecule has 0 saturated carbocycles. The Kier molecular flexibility index (Phi) is 2.56. The first kappa shape index (κ1) is 9.98. The summed E-state index contributed by atoms with van der Waals surface area (Å²) < 4.78 is 3.72. The van der Waals surface area contributed by atoms with Gasteiger partial charge in [0.1, 0.15) is 5.69 Å². The lowest BCUT2D eigenvalue weighted by Crippen LogP contribution is -2.40. The second kappa shape index (κ2) is 3.33. The van der Waals surface area contributed by atoms with Crippen molar-refractivity contribution in [2.24, 2.45) is 0 Å². The fourth-order valence-corrected chi connectivity index (χ4v) is 1.26. The van der Waals surface area contributed by atoms with E-state index in [9.17, 15) is 9.90 Å². The van der Waals surface area contributed by atoms with Gasteiger partial charge >= 0.3 is 0 Å². The lowest BCUT2D eigenvalue weighted by atomic mass is 10.1. The van der Waals surface area contributed by atoms with E-state index in [0.717, 1.165) is 11.5 Å². The van der Waals surface area contributed by atoms with Crippen molar-refractivity contribution < 1.29 is 9.90 Å². The molecule has 0 fully saturated rings. The minimum Gasteiger partial charge on any atom is -0.346 e. The smallest absolute Gasteiger partial charge is 0.271 e. The highest BCUT2D eigenvalue weighted by Crippen LogP contribution is 2.17. The minimum atomic E-state index is -0.302. The predicted octanol–water partition coefficient (Wildman–Crippen LogP) is 1.82. The van der Waals surface area contributed by atoms with Crippen LogP contribution in [-0.4, -0.2) is 15.8 Å². The van der Waals surface area contributed by atoms with E-state index < -0.39 is 0 Å². The molecule has 0 saturated heterocycles. The number of carbonyl (C=O) groups excluding carboxylic acids is 1. The van der Waals surface area contributed by atoms with Crippen LogP contribution in [0.4, 0.5) is 0 Å². The minimum absolute atomic E-state index is 0.195. The molecule has 1 amide bonds. The number of hydrogen-bond donors (Lipinski definition) is 1. The number of aromatic nitrogens is 1. The third-order valence-corrected chi connectivity index (χ3v) is 1.80. The molecule has 0 aliphatic carbocycles. The SMILES string of the molecule is CC(C)(C)NC(=O)c1cc([O])sn1. The summed E-state index contributed by atoms with van der Waals surface area (Å²) in [6.45, 7) is 5.61. The Hall–Kier alpha value is -1.10. The van der Waals surface area contributed by atoms with Crippen LogP contribution in [0.25, 0.3) is 0 Å². The van der Waals surface area contributed by atoms with Crippen LogP contribution in [0, 0.1) is 0 Å². The zero-order chi connectivity index (χ0) is 10.1. The average Bonchev–Trinajstić information content (AvgIpc) is 2.31. The van der Waals surface area contributed by atoms with Crippen molar-refractivity contribution in [2.75, 3.05) is 0 Å². The van der Waals surface area contributed by atoms with E-state index in [1.54, 1.807) is 0 Å². The van der Waals surface area contributed by atoms with E-state index in [2.05, 4.69) is 9.69 Å². The summed E-state index contributed by atoms with van der Waals surface area (Å²) in [7, 11) is 0. The van der Waals surface area contributed by atoms with Crippen molar-refractivity contribution in [3.63, 3.8) is 0 Å². The second-order valence-electron chi connectivity index (χ2n) is 3.74. The zero-order valence-electron chi connectivity index (χ0n) is 7.75. The first-order valence-electron chi connectivity index (χ1n) is 3.85. The van der Waals surface area contributed by atoms with Crippen LogP contribution in [0.15, 0.2) is 6.07 Å². The first-order valence-corrected chi connectivity index (χ1v) is 4.62. The van der Waals surface area contributed by atoms with Crippen molar-refractivity contribution in [3.8, 4) is 5.06 Å². The van der Waals surface area contributed by atoms with Gasteiger partial charge in [-0.1, -0.05) is 0 Å². The van der Waals surface area contributed by atoms with Crippen molar-refractivity contribution in [1.82, 2.24) is 9.69 Å². The molecule has 1 radical (unpaired) electrons. The van der Waals surface area contributed by atoms with Crippen LogP contribution in [-0.2, 0) is 5.11 Å². The molecule has 0 bridgehead atoms. The van der Waals surface area contributed by atoms with Crippen molar-refractivity contribution in [1.29, 1.82) is 0 Å². The highest BCUT2D eigenvalue weighted by atomic mass is 32.1. The molecule has 0 unspecified atom stereocenters. The summed E-state index contributed by atoms with van der Waals surface area (Å²) in [5.74, 6) is -0.300. The van der Waals surface area contributed by atoms with E-state index in [-0.39, 0.29) is 22.2 Å². The Morgan fingerprint density at radius 3 is 2.54 bits per heavy atom. The van der Waals surface area contributed by atoms with Gasteiger partial charge in [0.25, 0.3) is 11.0 Å². The molecule has 1 aromatic heterocycles. The van der Waals surface area contributed by atoms with Gasteiger partial charge in [-0.05, 0) is 20.8 Å². The largest absolute Gasteiger partial charge is 0.346 e. The molecule has 0 atom stereocenters. The average molecular weight is 199 g/mol. The Labute approximate surface area is 80.8 Å². The highest BCUT2D eigenvalue weighted by Gasteiger charge is 2.17. The Morgan fingerprint density at radius 2 is 2.15 bits per heavy atom. The maximum absolute atomic E-state index is 11.4. The van der Waals surface area contributed by atoms with E-state index in [1.807, 2.05) is 20.8 Å². The van der Waals surface area contributed by atoms with E-state index >= 15 is 0 Å². The lowest BCUT2D eigenvalue weighted by molar-refractivity contribution is 0.0915. The van der Waals surface area contributed by atoms with Gasteiger partial charge in [-0.25, -0.2) is 0 Å². The number of nitrogens with zero attached hydrogens (tertiary/aromatic N) is 1. The third kappa shape index (κ3) is 3.02. The summed E-state index contributed by atoms with van der Waals surface area (Å²) in [5.41, 5.74) is -0.103. The molecule has 1 rings (SSSR count). The van der Waals surface area contributed by atoms with Gasteiger partial charge in [-0.2, -0.15) is 4.37 Å². The summed E-state index contributed by atoms with van der Waals surface area (Å²) in [6, 6.07) is 1.24. The van der Waals surface area contributed by atoms with Crippen molar-refractivity contribution in [3.05, 3.63) is 11.8 Å². The van der Waals surface area contributed by atoms with Crippen LogP contribution in [0.1, 0.15) is 31.3 Å². The molecule has 13 heavy (non-hydrogen) atoms. The summed E-state index contributed by atoms with van der Waals surface area (Å²) in [4.78, 5) is 11.4. The summed E-state index contributed by atoms with van der Waals surface area (Å²) >= 11 is 0.792. The normalized spacial score (nSPS) is 11.3. The standard InChI is InChI=1S/C8H11N2O2S/c1-8(2,3)9-7(12)5-4-6(11)13-10-5/h4H,1-3H3,(H,9,12). The fraction of sp³-hybridized carbons (Fsp3) is 0.500. The topological polar surface area (TPSA) is 61.9 Å². The maximum atomic E-state index is 11.4. The van der Waals surface area contributed by atoms with Gasteiger partial charge < -0.3 is 5.32 Å². The molecule has 0 aromatic carbocycles. The molecule has 1 heterocycles. The number of carbonyl (C=O) groups is 1. The molecule has 0 aliphatic rings. The fourth-order valence-electron chi connectivity index (χ4n) is 0.770. The van der Waals surface area contributed by atoms with Gasteiger partial charge in [0.05, 0.1) is 0 Å². The number of nitrogens with one attached hydrogen (secondary N) is 1. The zero-order valence-corrected chi connectivity index (χ0v) is 8.57. The number of amides is 1. The monoisotopic (exact) mass is 199 g/mol. The molecule has 4 nitrogen and oxygen atoms in total. The maximum Gasteiger partial charge on any atom is 0.271 e. The van der Waals surface area contributed by atoms with Crippen LogP contribution in [0.2, 0.25) is 0 Å². The van der Waals surface area contributed by atoms with Gasteiger partial charge in [0.15, 0.2) is 0 Å². The van der Waals surface area contributed by atoms with Crippen molar-refractivity contribution >= 4 is 17.4 Å². The van der Waals surface area contributed by atoms with Gasteiger partial charge in [-0.3, -0.25) is 9.90 Å². The molecule has 1 N–H and O–H groups in total. The quantitative estimate of drug-likeness (QED) is 0.749. The van der Waals surface area contributed by atoms with Gasteiger partial charge in [0.2, 0.25) is 0 Å². The Bertz CT molecular complexity index is 314. The van der Waals surface area contributed by atoms with Crippen LogP contribution in [0.3, 0.4) is 0 Å². The highest BCUT2D eigenvalue weighted by molar-refractivity contribution is 7.07. The van der Waals surface area contributed by atoms with E-state index in [4.69, 9.17) is 0 Å². The summed E-state index contributed by atoms with van der Waals surface area (Å²) in [5, 5.41) is 13.3. The molecule has 1 aromatic rings. The lowest BCUT2D eigenvalue weighted by Gasteiger charge is -2.19. The van der Waals surface area contributed by atoms with Crippen LogP contribution < -0.4 is 5.32 Å². The van der Waals surface area contributed by atoms with E-state index in [0.29, 0.717) is 0 Å². The predicted molar refractivity (Wildman–Crippen MR) is 49.5 cm³/mol. The third-order valence-electron chi connectivity index (χ3n) is 1.21. The Morgan fingerprint density at radius 1 is 1.54 bits per heavy atom. The summed E-state index contributed by atoms with van der Waals surface area (Å²) in [6.07, 6.45) is 0. The van der Waals surface area contributed by atoms with Crippen LogP contribution >= 0.6 is 11.5 Å². The number of hydrogen-bond acceptors (Lipinski definition) is 3. The molecule has 0 aliphatic heterocycles. The van der Waals surface area contributed by atoms with Crippen molar-refractivity contribution in [2.45, 2.75) is 26.3 Å². The molecule has 0 spiro atoms. The molecular weight excluding hydrogens is 188 g/mol. The number of rotatable bonds is 1. The van der Waals surface area contributed by atoms with E-state index in [1.165, 1.54) is 6.07 Å². The van der Waals surface area contributed by atoms with Gasteiger partial charge in [-0.15, -0.1) is 0 Å².